The zero-order chi connectivity index (χ0) is 12.4. The van der Waals surface area contributed by atoms with Crippen molar-refractivity contribution in [1.82, 2.24) is 15.3 Å². The molecule has 1 aromatic heterocycles. The Kier molecular flexibility index (Phi) is 3.30. The second kappa shape index (κ2) is 5.08. The Labute approximate surface area is 111 Å². The van der Waals surface area contributed by atoms with Crippen LogP contribution in [0.1, 0.15) is 6.42 Å². The molecule has 3 rings (SSSR count). The van der Waals surface area contributed by atoms with Gasteiger partial charge in [-0.2, -0.15) is 0 Å². The summed E-state index contributed by atoms with van der Waals surface area (Å²) < 4.78 is 0. The Morgan fingerprint density at radius 1 is 1.39 bits per heavy atom. The first-order chi connectivity index (χ1) is 8.81. The summed E-state index contributed by atoms with van der Waals surface area (Å²) >= 11 is 5.92. The van der Waals surface area contributed by atoms with Crippen LogP contribution in [0.25, 0.3) is 11.0 Å². The van der Waals surface area contributed by atoms with Crippen molar-refractivity contribution in [2.45, 2.75) is 6.42 Å². The average Bonchev–Trinajstić information content (AvgIpc) is 2.89. The van der Waals surface area contributed by atoms with E-state index in [1.165, 1.54) is 6.42 Å². The number of hydrogen-bond acceptors (Lipinski definition) is 4. The van der Waals surface area contributed by atoms with Crippen LogP contribution < -0.4 is 10.6 Å². The molecule has 94 valence electrons. The number of anilines is 1. The lowest BCUT2D eigenvalue weighted by Crippen LogP contribution is -2.17. The van der Waals surface area contributed by atoms with Crippen LogP contribution in [0, 0.1) is 5.92 Å². The molecule has 1 aliphatic rings. The minimum absolute atomic E-state index is 0.688. The number of benzene rings is 1. The summed E-state index contributed by atoms with van der Waals surface area (Å²) in [7, 11) is 0. The van der Waals surface area contributed by atoms with Gasteiger partial charge < -0.3 is 10.6 Å². The van der Waals surface area contributed by atoms with Gasteiger partial charge in [-0.1, -0.05) is 11.6 Å². The standard InChI is InChI=1S/C13H15ClN4/c14-10-1-2-11-12(5-10)16-8-13(18-11)17-7-9-3-4-15-6-9/h1-2,5,8-9,15H,3-4,6-7H2,(H,17,18). The number of nitrogens with zero attached hydrogens (tertiary/aromatic N) is 2. The highest BCUT2D eigenvalue weighted by atomic mass is 35.5. The third-order valence-electron chi connectivity index (χ3n) is 3.24. The van der Waals surface area contributed by atoms with Gasteiger partial charge in [-0.25, -0.2) is 4.98 Å². The second-order valence-electron chi connectivity index (χ2n) is 4.63. The lowest BCUT2D eigenvalue weighted by Gasteiger charge is -2.10. The summed E-state index contributed by atoms with van der Waals surface area (Å²) in [4.78, 5) is 8.89. The molecule has 1 fully saturated rings. The number of fused-ring (bicyclic) bond motifs is 1. The molecule has 18 heavy (non-hydrogen) atoms. The maximum absolute atomic E-state index is 5.92. The smallest absolute Gasteiger partial charge is 0.145 e. The van der Waals surface area contributed by atoms with E-state index in [2.05, 4.69) is 20.6 Å². The molecule has 0 aliphatic carbocycles. The molecule has 2 heterocycles. The molecular formula is C13H15ClN4. The third kappa shape index (κ3) is 2.54. The molecule has 0 bridgehead atoms. The molecule has 1 atom stereocenters. The van der Waals surface area contributed by atoms with Crippen LogP contribution in [0.2, 0.25) is 5.02 Å². The molecule has 2 N–H and O–H groups in total. The Morgan fingerprint density at radius 2 is 2.33 bits per heavy atom. The van der Waals surface area contributed by atoms with Gasteiger partial charge in [0.05, 0.1) is 17.2 Å². The summed E-state index contributed by atoms with van der Waals surface area (Å²) in [6.07, 6.45) is 2.99. The molecule has 2 aromatic rings. The topological polar surface area (TPSA) is 49.8 Å². The van der Waals surface area contributed by atoms with E-state index in [0.29, 0.717) is 10.9 Å². The predicted molar refractivity (Wildman–Crippen MR) is 74.0 cm³/mol. The summed E-state index contributed by atoms with van der Waals surface area (Å²) in [6, 6.07) is 5.56. The number of halogens is 1. The quantitative estimate of drug-likeness (QED) is 0.891. The van der Waals surface area contributed by atoms with Crippen LogP contribution >= 0.6 is 11.6 Å². The molecule has 1 aromatic carbocycles. The van der Waals surface area contributed by atoms with Crippen molar-refractivity contribution < 1.29 is 0 Å². The van der Waals surface area contributed by atoms with Gasteiger partial charge >= 0.3 is 0 Å². The van der Waals surface area contributed by atoms with E-state index in [-0.39, 0.29) is 0 Å². The Balaban J connectivity index is 1.74. The predicted octanol–water partition coefficient (Wildman–Crippen LogP) is 2.30. The molecule has 1 aliphatic heterocycles. The van der Waals surface area contributed by atoms with Crippen molar-refractivity contribution in [2.24, 2.45) is 5.92 Å². The number of aromatic nitrogens is 2. The highest BCUT2D eigenvalue weighted by Gasteiger charge is 2.14. The lowest BCUT2D eigenvalue weighted by molar-refractivity contribution is 0.614. The molecule has 0 radical (unpaired) electrons. The highest BCUT2D eigenvalue weighted by Crippen LogP contribution is 2.17. The van der Waals surface area contributed by atoms with Crippen molar-refractivity contribution >= 4 is 28.5 Å². The molecule has 0 spiro atoms. The van der Waals surface area contributed by atoms with Crippen LogP contribution in [0.15, 0.2) is 24.4 Å². The summed E-state index contributed by atoms with van der Waals surface area (Å²) in [5, 5.41) is 7.39. The van der Waals surface area contributed by atoms with Crippen LogP contribution in [0.4, 0.5) is 5.82 Å². The fraction of sp³-hybridized carbons (Fsp3) is 0.385. The minimum Gasteiger partial charge on any atom is -0.368 e. The fourth-order valence-electron chi connectivity index (χ4n) is 2.21. The SMILES string of the molecule is Clc1ccc2nc(NCC3CCNC3)cnc2c1. The van der Waals surface area contributed by atoms with Crippen molar-refractivity contribution in [3.63, 3.8) is 0 Å². The first-order valence-corrected chi connectivity index (χ1v) is 6.56. The number of rotatable bonds is 3. The average molecular weight is 263 g/mol. The third-order valence-corrected chi connectivity index (χ3v) is 3.47. The van der Waals surface area contributed by atoms with E-state index in [1.54, 1.807) is 6.20 Å². The van der Waals surface area contributed by atoms with Crippen molar-refractivity contribution in [3.8, 4) is 0 Å². The largest absolute Gasteiger partial charge is 0.368 e. The zero-order valence-corrected chi connectivity index (χ0v) is 10.7. The number of nitrogens with one attached hydrogen (secondary N) is 2. The summed E-state index contributed by atoms with van der Waals surface area (Å²) in [5.74, 6) is 1.52. The lowest BCUT2D eigenvalue weighted by atomic mass is 10.1. The summed E-state index contributed by atoms with van der Waals surface area (Å²) in [5.41, 5.74) is 1.70. The van der Waals surface area contributed by atoms with Crippen molar-refractivity contribution in [2.75, 3.05) is 25.0 Å². The molecule has 5 heteroatoms. The van der Waals surface area contributed by atoms with Crippen molar-refractivity contribution in [3.05, 3.63) is 29.4 Å². The van der Waals surface area contributed by atoms with Crippen molar-refractivity contribution in [1.29, 1.82) is 0 Å². The minimum atomic E-state index is 0.688. The monoisotopic (exact) mass is 262 g/mol. The highest BCUT2D eigenvalue weighted by molar-refractivity contribution is 6.31. The van der Waals surface area contributed by atoms with Gasteiger partial charge in [-0.15, -0.1) is 0 Å². The van der Waals surface area contributed by atoms with Gasteiger partial charge in [0.2, 0.25) is 0 Å². The summed E-state index contributed by atoms with van der Waals surface area (Å²) in [6.45, 7) is 3.15. The van der Waals surface area contributed by atoms with E-state index < -0.39 is 0 Å². The molecule has 0 saturated carbocycles. The van der Waals surface area contributed by atoms with Gasteiger partial charge in [-0.05, 0) is 43.6 Å². The van der Waals surface area contributed by atoms with Crippen LogP contribution in [0.5, 0.6) is 0 Å². The fourth-order valence-corrected chi connectivity index (χ4v) is 2.37. The Morgan fingerprint density at radius 3 is 3.17 bits per heavy atom. The second-order valence-corrected chi connectivity index (χ2v) is 5.06. The van der Waals surface area contributed by atoms with Gasteiger partial charge in [0, 0.05) is 11.6 Å². The maximum atomic E-state index is 5.92. The van der Waals surface area contributed by atoms with Crippen LogP contribution in [-0.2, 0) is 0 Å². The molecule has 4 nitrogen and oxygen atoms in total. The Hall–Kier alpha value is -1.39. The number of hydrogen-bond donors (Lipinski definition) is 2. The first-order valence-electron chi connectivity index (χ1n) is 6.18. The molecule has 0 amide bonds. The van der Waals surface area contributed by atoms with E-state index >= 15 is 0 Å². The van der Waals surface area contributed by atoms with Crippen LogP contribution in [-0.4, -0.2) is 29.6 Å². The first kappa shape index (κ1) is 11.7. The van der Waals surface area contributed by atoms with Gasteiger partial charge in [0.25, 0.3) is 0 Å². The van der Waals surface area contributed by atoms with E-state index in [0.717, 1.165) is 36.5 Å². The normalized spacial score (nSPS) is 19.3. The molecular weight excluding hydrogens is 248 g/mol. The zero-order valence-electron chi connectivity index (χ0n) is 9.99. The maximum Gasteiger partial charge on any atom is 0.145 e. The van der Waals surface area contributed by atoms with Crippen LogP contribution in [0.3, 0.4) is 0 Å². The van der Waals surface area contributed by atoms with Gasteiger partial charge in [-0.3, -0.25) is 4.98 Å². The van der Waals surface area contributed by atoms with E-state index in [1.807, 2.05) is 18.2 Å². The van der Waals surface area contributed by atoms with E-state index in [9.17, 15) is 0 Å². The Bertz CT molecular complexity index is 552. The van der Waals surface area contributed by atoms with Gasteiger partial charge in [0.1, 0.15) is 5.82 Å². The molecule has 1 saturated heterocycles. The van der Waals surface area contributed by atoms with E-state index in [4.69, 9.17) is 11.6 Å². The van der Waals surface area contributed by atoms with Gasteiger partial charge in [0.15, 0.2) is 0 Å². The molecule has 1 unspecified atom stereocenters.